The summed E-state index contributed by atoms with van der Waals surface area (Å²) < 4.78 is 5.33. The lowest BCUT2D eigenvalue weighted by atomic mass is 10.1. The molecule has 21 heavy (non-hydrogen) atoms. The first-order chi connectivity index (χ1) is 10.0. The molecule has 0 aromatic heterocycles. The quantitative estimate of drug-likeness (QED) is 0.827. The van der Waals surface area contributed by atoms with Crippen molar-refractivity contribution < 1.29 is 9.53 Å². The maximum Gasteiger partial charge on any atom is 0.255 e. The van der Waals surface area contributed by atoms with E-state index in [0.29, 0.717) is 39.3 Å². The number of benzene rings is 2. The Bertz CT molecular complexity index is 675. The predicted molar refractivity (Wildman–Crippen MR) is 86.4 cm³/mol. The Hall–Kier alpha value is -1.91. The fourth-order valence-electron chi connectivity index (χ4n) is 1.75. The molecule has 0 fully saturated rings. The lowest BCUT2D eigenvalue weighted by Crippen LogP contribution is -2.12. The molecule has 0 radical (unpaired) electrons. The number of carbonyl (C=O) groups excluding carboxylic acids is 1. The van der Waals surface area contributed by atoms with E-state index in [1.165, 1.54) is 0 Å². The largest absolute Gasteiger partial charge is 0.492 e. The van der Waals surface area contributed by atoms with Crippen LogP contribution in [0.5, 0.6) is 5.75 Å². The third-order valence-corrected chi connectivity index (χ3v) is 3.49. The molecule has 4 nitrogen and oxygen atoms in total. The lowest BCUT2D eigenvalue weighted by Gasteiger charge is -2.10. The average molecular weight is 325 g/mol. The average Bonchev–Trinajstić information content (AvgIpc) is 2.45. The summed E-state index contributed by atoms with van der Waals surface area (Å²) in [7, 11) is 0. The first kappa shape index (κ1) is 15.5. The van der Waals surface area contributed by atoms with Crippen molar-refractivity contribution >= 4 is 40.5 Å². The molecule has 0 saturated carbocycles. The Morgan fingerprint density at radius 1 is 1.19 bits per heavy atom. The van der Waals surface area contributed by atoms with Crippen LogP contribution in [0.1, 0.15) is 17.3 Å². The van der Waals surface area contributed by atoms with Crippen molar-refractivity contribution in [1.82, 2.24) is 0 Å². The maximum atomic E-state index is 12.1. The molecule has 0 bridgehead atoms. The van der Waals surface area contributed by atoms with Crippen molar-refractivity contribution in [3.8, 4) is 5.75 Å². The Kier molecular flexibility index (Phi) is 4.94. The number of rotatable bonds is 4. The molecule has 2 rings (SSSR count). The third-order valence-electron chi connectivity index (χ3n) is 2.75. The molecular formula is C15H14Cl2N2O2. The van der Waals surface area contributed by atoms with Crippen LogP contribution < -0.4 is 15.8 Å². The number of nitrogens with two attached hydrogens (primary N) is 1. The van der Waals surface area contributed by atoms with E-state index in [4.69, 9.17) is 33.7 Å². The van der Waals surface area contributed by atoms with Gasteiger partial charge in [0.05, 0.1) is 22.3 Å². The second kappa shape index (κ2) is 6.70. The SMILES string of the molecule is CCOc1ccc(C(=O)Nc2ccc(Cl)c(Cl)c2)cc1N. The number of amides is 1. The van der Waals surface area contributed by atoms with E-state index in [1.807, 2.05) is 6.92 Å². The smallest absolute Gasteiger partial charge is 0.255 e. The highest BCUT2D eigenvalue weighted by Gasteiger charge is 2.10. The molecule has 0 atom stereocenters. The molecule has 0 aliphatic carbocycles. The monoisotopic (exact) mass is 324 g/mol. The van der Waals surface area contributed by atoms with Gasteiger partial charge in [-0.05, 0) is 43.3 Å². The molecule has 6 heteroatoms. The van der Waals surface area contributed by atoms with Crippen molar-refractivity contribution in [3.05, 3.63) is 52.0 Å². The fraction of sp³-hybridized carbons (Fsp3) is 0.133. The zero-order chi connectivity index (χ0) is 15.4. The summed E-state index contributed by atoms with van der Waals surface area (Å²) in [6, 6.07) is 9.75. The van der Waals surface area contributed by atoms with Gasteiger partial charge in [-0.1, -0.05) is 23.2 Å². The highest BCUT2D eigenvalue weighted by atomic mass is 35.5. The van der Waals surface area contributed by atoms with Crippen LogP contribution in [0.25, 0.3) is 0 Å². The third kappa shape index (κ3) is 3.80. The van der Waals surface area contributed by atoms with E-state index in [-0.39, 0.29) is 5.91 Å². The molecule has 2 aromatic carbocycles. The number of hydrogen-bond acceptors (Lipinski definition) is 3. The van der Waals surface area contributed by atoms with Gasteiger partial charge in [0.15, 0.2) is 0 Å². The van der Waals surface area contributed by atoms with E-state index in [2.05, 4.69) is 5.32 Å². The number of hydrogen-bond donors (Lipinski definition) is 2. The van der Waals surface area contributed by atoms with Crippen molar-refractivity contribution in [2.45, 2.75) is 6.92 Å². The van der Waals surface area contributed by atoms with Crippen LogP contribution in [-0.4, -0.2) is 12.5 Å². The summed E-state index contributed by atoms with van der Waals surface area (Å²) in [5.41, 5.74) is 7.24. The minimum Gasteiger partial charge on any atom is -0.492 e. The minimum absolute atomic E-state index is 0.289. The Morgan fingerprint density at radius 3 is 2.57 bits per heavy atom. The van der Waals surface area contributed by atoms with E-state index in [1.54, 1.807) is 36.4 Å². The van der Waals surface area contributed by atoms with Crippen LogP contribution >= 0.6 is 23.2 Å². The molecular weight excluding hydrogens is 311 g/mol. The van der Waals surface area contributed by atoms with Gasteiger partial charge in [0.25, 0.3) is 5.91 Å². The van der Waals surface area contributed by atoms with Gasteiger partial charge in [0, 0.05) is 11.3 Å². The lowest BCUT2D eigenvalue weighted by molar-refractivity contribution is 0.102. The second-order valence-corrected chi connectivity index (χ2v) is 5.08. The molecule has 0 aliphatic rings. The van der Waals surface area contributed by atoms with Gasteiger partial charge in [0.1, 0.15) is 5.75 Å². The molecule has 110 valence electrons. The molecule has 3 N–H and O–H groups in total. The minimum atomic E-state index is -0.289. The van der Waals surface area contributed by atoms with Gasteiger partial charge < -0.3 is 15.8 Å². The summed E-state index contributed by atoms with van der Waals surface area (Å²) in [6.45, 7) is 2.38. The molecule has 1 amide bonds. The van der Waals surface area contributed by atoms with Crippen molar-refractivity contribution in [3.63, 3.8) is 0 Å². The van der Waals surface area contributed by atoms with Gasteiger partial charge in [-0.3, -0.25) is 4.79 Å². The van der Waals surface area contributed by atoms with Gasteiger partial charge >= 0.3 is 0 Å². The summed E-state index contributed by atoms with van der Waals surface area (Å²) >= 11 is 11.7. The van der Waals surface area contributed by atoms with Crippen LogP contribution in [0.3, 0.4) is 0 Å². The van der Waals surface area contributed by atoms with Crippen LogP contribution in [0, 0.1) is 0 Å². The summed E-state index contributed by atoms with van der Waals surface area (Å²) in [6.07, 6.45) is 0. The fourth-order valence-corrected chi connectivity index (χ4v) is 2.05. The number of carbonyl (C=O) groups is 1. The number of ether oxygens (including phenoxy) is 1. The van der Waals surface area contributed by atoms with E-state index < -0.39 is 0 Å². The van der Waals surface area contributed by atoms with Crippen molar-refractivity contribution in [1.29, 1.82) is 0 Å². The summed E-state index contributed by atoms with van der Waals surface area (Å²) in [5.74, 6) is 0.270. The number of nitrogens with one attached hydrogen (secondary N) is 1. The number of anilines is 2. The van der Waals surface area contributed by atoms with Gasteiger partial charge in [0.2, 0.25) is 0 Å². The standard InChI is InChI=1S/C15H14Cl2N2O2/c1-2-21-14-6-3-9(7-13(14)18)15(20)19-10-4-5-11(16)12(17)8-10/h3-8H,2,18H2,1H3,(H,19,20). The van der Waals surface area contributed by atoms with Crippen molar-refractivity contribution in [2.75, 3.05) is 17.7 Å². The first-order valence-electron chi connectivity index (χ1n) is 6.30. The zero-order valence-corrected chi connectivity index (χ0v) is 12.8. The normalized spacial score (nSPS) is 10.2. The van der Waals surface area contributed by atoms with Gasteiger partial charge in [-0.2, -0.15) is 0 Å². The van der Waals surface area contributed by atoms with Gasteiger partial charge in [-0.25, -0.2) is 0 Å². The molecule has 0 heterocycles. The summed E-state index contributed by atoms with van der Waals surface area (Å²) in [5, 5.41) is 3.53. The van der Waals surface area contributed by atoms with Crippen LogP contribution in [0.15, 0.2) is 36.4 Å². The number of nitrogen functional groups attached to an aromatic ring is 1. The van der Waals surface area contributed by atoms with Crippen LogP contribution in [-0.2, 0) is 0 Å². The highest BCUT2D eigenvalue weighted by molar-refractivity contribution is 6.42. The Labute approximate surface area is 132 Å². The van der Waals surface area contributed by atoms with Crippen LogP contribution in [0.4, 0.5) is 11.4 Å². The zero-order valence-electron chi connectivity index (χ0n) is 11.3. The Morgan fingerprint density at radius 2 is 1.95 bits per heavy atom. The molecule has 0 unspecified atom stereocenters. The number of halogens is 2. The molecule has 0 saturated heterocycles. The molecule has 0 spiro atoms. The van der Waals surface area contributed by atoms with Gasteiger partial charge in [-0.15, -0.1) is 0 Å². The second-order valence-electron chi connectivity index (χ2n) is 4.27. The van der Waals surface area contributed by atoms with Crippen LogP contribution in [0.2, 0.25) is 10.0 Å². The predicted octanol–water partition coefficient (Wildman–Crippen LogP) is 4.23. The van der Waals surface area contributed by atoms with Crippen molar-refractivity contribution in [2.24, 2.45) is 0 Å². The van der Waals surface area contributed by atoms with E-state index in [0.717, 1.165) is 0 Å². The molecule has 0 aliphatic heterocycles. The summed E-state index contributed by atoms with van der Waals surface area (Å²) in [4.78, 5) is 12.1. The Balaban J connectivity index is 2.16. The maximum absolute atomic E-state index is 12.1. The van der Waals surface area contributed by atoms with E-state index >= 15 is 0 Å². The van der Waals surface area contributed by atoms with E-state index in [9.17, 15) is 4.79 Å². The molecule has 2 aromatic rings. The highest BCUT2D eigenvalue weighted by Crippen LogP contribution is 2.26. The topological polar surface area (TPSA) is 64.3 Å². The first-order valence-corrected chi connectivity index (χ1v) is 7.05.